The minimum Gasteiger partial charge on any atom is -0.459 e. The summed E-state index contributed by atoms with van der Waals surface area (Å²) in [5.41, 5.74) is -0.862. The Labute approximate surface area is 343 Å². The second kappa shape index (κ2) is 17.3. The maximum atomic E-state index is 13.9. The fourth-order valence-electron chi connectivity index (χ4n) is 8.24. The van der Waals surface area contributed by atoms with Gasteiger partial charge in [-0.05, 0) is 68.8 Å². The van der Waals surface area contributed by atoms with Crippen LogP contribution in [0.4, 0.5) is 0 Å². The van der Waals surface area contributed by atoms with E-state index < -0.39 is 90.0 Å². The predicted octanol–water partition coefficient (Wildman–Crippen LogP) is 6.92. The first-order valence-corrected chi connectivity index (χ1v) is 19.7. The Morgan fingerprint density at radius 2 is 1.10 bits per heavy atom. The smallest absolute Gasteiger partial charge is 0.338 e. The summed E-state index contributed by atoms with van der Waals surface area (Å²) in [6.45, 7) is 7.34. The highest BCUT2D eigenvalue weighted by Crippen LogP contribution is 2.66. The molecule has 4 aromatic rings. The van der Waals surface area contributed by atoms with Crippen LogP contribution >= 0.6 is 0 Å². The highest BCUT2D eigenvalue weighted by atomic mass is 16.7. The number of rotatable bonds is 13. The predicted molar refractivity (Wildman–Crippen MR) is 213 cm³/mol. The van der Waals surface area contributed by atoms with Crippen LogP contribution in [-0.4, -0.2) is 89.7 Å². The zero-order valence-corrected chi connectivity index (χ0v) is 33.3. The van der Waals surface area contributed by atoms with Crippen molar-refractivity contribution in [2.75, 3.05) is 6.61 Å². The second-order valence-corrected chi connectivity index (χ2v) is 15.9. The Hall–Kier alpha value is -5.66. The van der Waals surface area contributed by atoms with Crippen LogP contribution in [0.15, 0.2) is 133 Å². The van der Waals surface area contributed by atoms with Gasteiger partial charge >= 0.3 is 23.9 Å². The molecule has 0 radical (unpaired) electrons. The summed E-state index contributed by atoms with van der Waals surface area (Å²) in [6, 6.07) is 32.8. The summed E-state index contributed by atoms with van der Waals surface area (Å²) >= 11 is 0. The fraction of sp³-hybridized carbons (Fsp3) is 0.362. The van der Waals surface area contributed by atoms with Crippen LogP contribution in [-0.2, 0) is 33.2 Å². The minimum atomic E-state index is -1.55. The highest BCUT2D eigenvalue weighted by molar-refractivity contribution is 5.91. The molecule has 0 aromatic heterocycles. The Kier molecular flexibility index (Phi) is 12.2. The SMILES string of the molecule is CC(C=CC12OC1(C)CC(O)CC2(C)C)OC1OC(COC(=O)c2ccccc2)C(OC(=O)c2ccccc2)C(OC(=O)c2ccccc2)C1OC(=O)c1ccccc1. The topological polar surface area (TPSA) is 156 Å². The van der Waals surface area contributed by atoms with Gasteiger partial charge in [0.15, 0.2) is 24.6 Å². The van der Waals surface area contributed by atoms with E-state index in [-0.39, 0.29) is 22.3 Å². The van der Waals surface area contributed by atoms with Crippen molar-refractivity contribution >= 4 is 23.9 Å². The number of benzene rings is 4. The fourth-order valence-corrected chi connectivity index (χ4v) is 8.24. The zero-order chi connectivity index (χ0) is 41.8. The number of epoxide rings is 1. The van der Waals surface area contributed by atoms with Crippen LogP contribution in [0.5, 0.6) is 0 Å². The molecule has 7 rings (SSSR count). The van der Waals surface area contributed by atoms with E-state index in [1.54, 1.807) is 134 Å². The lowest BCUT2D eigenvalue weighted by atomic mass is 9.63. The summed E-state index contributed by atoms with van der Waals surface area (Å²) < 4.78 is 43.6. The van der Waals surface area contributed by atoms with Crippen LogP contribution in [0.3, 0.4) is 0 Å². The molecule has 12 nitrogen and oxygen atoms in total. The lowest BCUT2D eigenvalue weighted by Crippen LogP contribution is -2.63. The molecule has 4 aromatic carbocycles. The minimum absolute atomic E-state index is 0.174. The standard InChI is InChI=1S/C47H48O12/c1-30(25-26-47-45(2,3)27-35(48)28-46(47,4)59-47)54-44-39(58-43(52)34-23-15-8-16-24-34)38(57-42(51)33-21-13-7-14-22-33)37(56-41(50)32-19-11-6-12-20-32)36(55-44)29-53-40(49)31-17-9-5-10-18-31/h5-26,30,35-39,44,48H,27-29H2,1-4H3. The molecule has 9 unspecified atom stereocenters. The van der Waals surface area contributed by atoms with Gasteiger partial charge in [0.25, 0.3) is 0 Å². The van der Waals surface area contributed by atoms with E-state index in [9.17, 15) is 24.3 Å². The Morgan fingerprint density at radius 1 is 0.661 bits per heavy atom. The molecule has 1 aliphatic carbocycles. The van der Waals surface area contributed by atoms with E-state index in [0.29, 0.717) is 12.8 Å². The Balaban J connectivity index is 1.26. The molecule has 0 bridgehead atoms. The van der Waals surface area contributed by atoms with Crippen molar-refractivity contribution < 1.29 is 57.4 Å². The molecule has 1 saturated carbocycles. The number of ether oxygens (including phenoxy) is 7. The molecule has 0 spiro atoms. The molecule has 2 aliphatic heterocycles. The number of hydrogen-bond donors (Lipinski definition) is 1. The third kappa shape index (κ3) is 9.01. The van der Waals surface area contributed by atoms with Crippen LogP contribution in [0.2, 0.25) is 0 Å². The Bertz CT molecular complexity index is 2130. The molecule has 2 heterocycles. The number of aliphatic hydroxyl groups excluding tert-OH is 1. The Morgan fingerprint density at radius 3 is 1.58 bits per heavy atom. The number of aliphatic hydroxyl groups is 1. The van der Waals surface area contributed by atoms with Crippen LogP contribution in [0.25, 0.3) is 0 Å². The maximum absolute atomic E-state index is 13.9. The summed E-state index contributed by atoms with van der Waals surface area (Å²) in [6.07, 6.45) is -3.82. The monoisotopic (exact) mass is 804 g/mol. The molecule has 0 amide bonds. The van der Waals surface area contributed by atoms with Gasteiger partial charge in [-0.15, -0.1) is 0 Å². The van der Waals surface area contributed by atoms with Gasteiger partial charge in [0.1, 0.15) is 23.9 Å². The zero-order valence-electron chi connectivity index (χ0n) is 33.3. The normalized spacial score (nSPS) is 28.7. The van der Waals surface area contributed by atoms with E-state index in [0.717, 1.165) is 0 Å². The van der Waals surface area contributed by atoms with Crippen molar-refractivity contribution in [2.24, 2.45) is 5.41 Å². The van der Waals surface area contributed by atoms with Crippen molar-refractivity contribution in [2.45, 2.75) is 94.7 Å². The average Bonchev–Trinajstić information content (AvgIpc) is 3.87. The summed E-state index contributed by atoms with van der Waals surface area (Å²) in [5.74, 6) is -3.08. The number of fused-ring (bicyclic) bond motifs is 1. The molecule has 3 aliphatic rings. The van der Waals surface area contributed by atoms with Crippen molar-refractivity contribution in [3.63, 3.8) is 0 Å². The lowest BCUT2D eigenvalue weighted by Gasteiger charge is -2.44. The number of carbonyl (C=O) groups is 4. The average molecular weight is 805 g/mol. The first kappa shape index (κ1) is 41.5. The van der Waals surface area contributed by atoms with E-state index in [2.05, 4.69) is 0 Å². The van der Waals surface area contributed by atoms with Gasteiger partial charge in [-0.1, -0.05) is 98.8 Å². The third-order valence-corrected chi connectivity index (χ3v) is 11.2. The number of carbonyl (C=O) groups excluding carboxylic acids is 4. The molecule has 308 valence electrons. The quantitative estimate of drug-likeness (QED) is 0.0646. The molecule has 59 heavy (non-hydrogen) atoms. The summed E-state index contributed by atoms with van der Waals surface area (Å²) in [7, 11) is 0. The van der Waals surface area contributed by atoms with Gasteiger partial charge in [0, 0.05) is 11.8 Å². The van der Waals surface area contributed by atoms with E-state index >= 15 is 0 Å². The number of hydrogen-bond acceptors (Lipinski definition) is 12. The third-order valence-electron chi connectivity index (χ3n) is 11.2. The van der Waals surface area contributed by atoms with Gasteiger partial charge < -0.3 is 38.3 Å². The van der Waals surface area contributed by atoms with Gasteiger partial charge in [-0.25, -0.2) is 19.2 Å². The van der Waals surface area contributed by atoms with Gasteiger partial charge in [0.2, 0.25) is 0 Å². The molecular formula is C47H48O12. The summed E-state index contributed by atoms with van der Waals surface area (Å²) in [5, 5.41) is 10.6. The number of esters is 4. The molecule has 12 heteroatoms. The maximum Gasteiger partial charge on any atom is 0.338 e. The van der Waals surface area contributed by atoms with Crippen molar-refractivity contribution in [3.8, 4) is 0 Å². The highest BCUT2D eigenvalue weighted by Gasteiger charge is 2.74. The first-order valence-electron chi connectivity index (χ1n) is 19.7. The lowest BCUT2D eigenvalue weighted by molar-refractivity contribution is -0.303. The van der Waals surface area contributed by atoms with Crippen molar-refractivity contribution in [1.29, 1.82) is 0 Å². The van der Waals surface area contributed by atoms with Gasteiger partial charge in [-0.2, -0.15) is 0 Å². The van der Waals surface area contributed by atoms with E-state index in [4.69, 9.17) is 33.2 Å². The molecule has 9 atom stereocenters. The molecule has 1 N–H and O–H groups in total. The first-order chi connectivity index (χ1) is 28.3. The van der Waals surface area contributed by atoms with Crippen LogP contribution in [0, 0.1) is 5.41 Å². The van der Waals surface area contributed by atoms with Crippen molar-refractivity contribution in [1.82, 2.24) is 0 Å². The van der Waals surface area contributed by atoms with Crippen LogP contribution in [0.1, 0.15) is 82.0 Å². The van der Waals surface area contributed by atoms with Gasteiger partial charge in [0.05, 0.1) is 34.5 Å². The van der Waals surface area contributed by atoms with Gasteiger partial charge in [-0.3, -0.25) is 0 Å². The largest absolute Gasteiger partial charge is 0.459 e. The van der Waals surface area contributed by atoms with Crippen molar-refractivity contribution in [3.05, 3.63) is 156 Å². The molecular weight excluding hydrogens is 757 g/mol. The molecule has 3 fully saturated rings. The molecule has 2 saturated heterocycles. The van der Waals surface area contributed by atoms with Crippen LogP contribution < -0.4 is 0 Å². The summed E-state index contributed by atoms with van der Waals surface area (Å²) in [4.78, 5) is 54.8. The van der Waals surface area contributed by atoms with E-state index in [1.165, 1.54) is 0 Å². The second-order valence-electron chi connectivity index (χ2n) is 15.9. The van der Waals surface area contributed by atoms with E-state index in [1.807, 2.05) is 26.8 Å².